The largest absolute Gasteiger partial charge is 0.480 e. The van der Waals surface area contributed by atoms with E-state index >= 15 is 0 Å². The standard InChI is InChI=1S/C12H23N3O2/c1-14-6-2-3-10(4-7-14)15-8-5-12(13,9-15)11(16)17/h10H,2-9,13H2,1H3,(H,16,17). The van der Waals surface area contributed by atoms with Crippen molar-refractivity contribution in [2.75, 3.05) is 33.2 Å². The molecule has 2 unspecified atom stereocenters. The van der Waals surface area contributed by atoms with Crippen LogP contribution in [0.3, 0.4) is 0 Å². The Hall–Kier alpha value is -0.650. The van der Waals surface area contributed by atoms with Gasteiger partial charge in [-0.1, -0.05) is 0 Å². The van der Waals surface area contributed by atoms with Crippen LogP contribution in [0.1, 0.15) is 25.7 Å². The molecule has 2 fully saturated rings. The minimum Gasteiger partial charge on any atom is -0.480 e. The molecule has 2 aliphatic rings. The third-order valence-corrected chi connectivity index (χ3v) is 4.19. The molecule has 0 aromatic carbocycles. The Labute approximate surface area is 103 Å². The number of carbonyl (C=O) groups is 1. The van der Waals surface area contributed by atoms with Gasteiger partial charge in [0.25, 0.3) is 0 Å². The van der Waals surface area contributed by atoms with Crippen LogP contribution in [-0.4, -0.2) is 65.7 Å². The summed E-state index contributed by atoms with van der Waals surface area (Å²) in [7, 11) is 2.15. The number of hydrogen-bond acceptors (Lipinski definition) is 4. The van der Waals surface area contributed by atoms with Gasteiger partial charge in [0.2, 0.25) is 0 Å². The van der Waals surface area contributed by atoms with Crippen molar-refractivity contribution in [3.63, 3.8) is 0 Å². The molecule has 17 heavy (non-hydrogen) atoms. The molecule has 0 saturated carbocycles. The quantitative estimate of drug-likeness (QED) is 0.710. The van der Waals surface area contributed by atoms with Crippen LogP contribution >= 0.6 is 0 Å². The number of nitrogens with zero attached hydrogens (tertiary/aromatic N) is 2. The molecule has 2 rings (SSSR count). The molecule has 2 heterocycles. The second-order valence-electron chi connectivity index (χ2n) is 5.57. The van der Waals surface area contributed by atoms with E-state index in [2.05, 4.69) is 16.8 Å². The molecule has 5 nitrogen and oxygen atoms in total. The van der Waals surface area contributed by atoms with Crippen LogP contribution in [0, 0.1) is 0 Å². The lowest BCUT2D eigenvalue weighted by Crippen LogP contribution is -2.51. The van der Waals surface area contributed by atoms with Gasteiger partial charge in [0.1, 0.15) is 5.54 Å². The first-order chi connectivity index (χ1) is 8.01. The normalized spacial score (nSPS) is 36.9. The monoisotopic (exact) mass is 241 g/mol. The van der Waals surface area contributed by atoms with E-state index in [1.807, 2.05) is 0 Å². The molecule has 2 saturated heterocycles. The molecule has 5 heteroatoms. The molecular formula is C12H23N3O2. The predicted octanol–water partition coefficient (Wildman–Crippen LogP) is -0.0415. The fourth-order valence-corrected chi connectivity index (χ4v) is 2.94. The number of rotatable bonds is 2. The lowest BCUT2D eigenvalue weighted by Gasteiger charge is -2.28. The summed E-state index contributed by atoms with van der Waals surface area (Å²) in [6.45, 7) is 3.59. The second kappa shape index (κ2) is 4.92. The number of aliphatic carboxylic acids is 1. The number of hydrogen-bond donors (Lipinski definition) is 2. The van der Waals surface area contributed by atoms with Crippen molar-refractivity contribution in [1.82, 2.24) is 9.80 Å². The highest BCUT2D eigenvalue weighted by molar-refractivity contribution is 5.79. The van der Waals surface area contributed by atoms with Crippen molar-refractivity contribution in [3.8, 4) is 0 Å². The van der Waals surface area contributed by atoms with Gasteiger partial charge in [-0.15, -0.1) is 0 Å². The smallest absolute Gasteiger partial charge is 0.325 e. The molecule has 0 bridgehead atoms. The van der Waals surface area contributed by atoms with Crippen molar-refractivity contribution in [3.05, 3.63) is 0 Å². The fourth-order valence-electron chi connectivity index (χ4n) is 2.94. The number of likely N-dealkylation sites (tertiary alicyclic amines) is 2. The molecular weight excluding hydrogens is 218 g/mol. The van der Waals surface area contributed by atoms with E-state index in [0.717, 1.165) is 26.1 Å². The van der Waals surface area contributed by atoms with Crippen LogP contribution in [0.25, 0.3) is 0 Å². The summed E-state index contributed by atoms with van der Waals surface area (Å²) in [6, 6.07) is 0.518. The summed E-state index contributed by atoms with van der Waals surface area (Å²) in [5, 5.41) is 9.13. The van der Waals surface area contributed by atoms with E-state index in [0.29, 0.717) is 19.0 Å². The molecule has 0 aromatic rings. The van der Waals surface area contributed by atoms with E-state index in [1.165, 1.54) is 12.8 Å². The van der Waals surface area contributed by atoms with Gasteiger partial charge in [-0.25, -0.2) is 0 Å². The van der Waals surface area contributed by atoms with Crippen molar-refractivity contribution in [2.24, 2.45) is 5.73 Å². The van der Waals surface area contributed by atoms with E-state index in [1.54, 1.807) is 0 Å². The van der Waals surface area contributed by atoms with Gasteiger partial charge in [-0.3, -0.25) is 9.69 Å². The van der Waals surface area contributed by atoms with E-state index < -0.39 is 11.5 Å². The zero-order chi connectivity index (χ0) is 12.5. The van der Waals surface area contributed by atoms with Gasteiger partial charge in [0.15, 0.2) is 0 Å². The van der Waals surface area contributed by atoms with Crippen LogP contribution in [-0.2, 0) is 4.79 Å². The molecule has 98 valence electrons. The Balaban J connectivity index is 1.94. The predicted molar refractivity (Wildman–Crippen MR) is 65.9 cm³/mol. The molecule has 0 spiro atoms. The summed E-state index contributed by atoms with van der Waals surface area (Å²) in [6.07, 6.45) is 4.07. The average Bonchev–Trinajstić information content (AvgIpc) is 2.54. The Morgan fingerprint density at radius 3 is 2.76 bits per heavy atom. The van der Waals surface area contributed by atoms with Crippen molar-refractivity contribution in [1.29, 1.82) is 0 Å². The molecule has 0 amide bonds. The average molecular weight is 241 g/mol. The minimum absolute atomic E-state index is 0.511. The van der Waals surface area contributed by atoms with Crippen molar-refractivity contribution < 1.29 is 9.90 Å². The molecule has 2 aliphatic heterocycles. The Morgan fingerprint density at radius 1 is 1.35 bits per heavy atom. The van der Waals surface area contributed by atoms with Gasteiger partial charge in [-0.2, -0.15) is 0 Å². The molecule has 0 aromatic heterocycles. The summed E-state index contributed by atoms with van der Waals surface area (Å²) in [5.74, 6) is -0.856. The van der Waals surface area contributed by atoms with E-state index in [9.17, 15) is 4.79 Å². The zero-order valence-electron chi connectivity index (χ0n) is 10.6. The maximum Gasteiger partial charge on any atom is 0.325 e. The third-order valence-electron chi connectivity index (χ3n) is 4.19. The fraction of sp³-hybridized carbons (Fsp3) is 0.917. The maximum atomic E-state index is 11.1. The van der Waals surface area contributed by atoms with Crippen LogP contribution in [0.5, 0.6) is 0 Å². The third kappa shape index (κ3) is 2.78. The van der Waals surface area contributed by atoms with E-state index in [-0.39, 0.29) is 0 Å². The summed E-state index contributed by atoms with van der Waals surface area (Å²) in [4.78, 5) is 15.7. The Bertz CT molecular complexity index is 297. The summed E-state index contributed by atoms with van der Waals surface area (Å²) in [5.41, 5.74) is 4.90. The number of nitrogens with two attached hydrogens (primary N) is 1. The lowest BCUT2D eigenvalue weighted by atomic mass is 10.0. The van der Waals surface area contributed by atoms with Crippen molar-refractivity contribution >= 4 is 5.97 Å². The molecule has 0 radical (unpaired) electrons. The van der Waals surface area contributed by atoms with Crippen LogP contribution < -0.4 is 5.73 Å². The summed E-state index contributed by atoms with van der Waals surface area (Å²) < 4.78 is 0. The lowest BCUT2D eigenvalue weighted by molar-refractivity contribution is -0.142. The number of carboxylic acids is 1. The van der Waals surface area contributed by atoms with Crippen molar-refractivity contribution in [2.45, 2.75) is 37.3 Å². The highest BCUT2D eigenvalue weighted by Gasteiger charge is 2.43. The highest BCUT2D eigenvalue weighted by Crippen LogP contribution is 2.25. The minimum atomic E-state index is -1.02. The first-order valence-corrected chi connectivity index (χ1v) is 6.46. The molecule has 0 aliphatic carbocycles. The van der Waals surface area contributed by atoms with E-state index in [4.69, 9.17) is 10.8 Å². The van der Waals surface area contributed by atoms with Crippen LogP contribution in [0.4, 0.5) is 0 Å². The maximum absolute atomic E-state index is 11.1. The first-order valence-electron chi connectivity index (χ1n) is 6.46. The van der Waals surface area contributed by atoms with Gasteiger partial charge >= 0.3 is 5.97 Å². The second-order valence-corrected chi connectivity index (χ2v) is 5.57. The molecule has 2 atom stereocenters. The molecule has 3 N–H and O–H groups in total. The first kappa shape index (κ1) is 12.8. The van der Waals surface area contributed by atoms with Gasteiger partial charge < -0.3 is 15.7 Å². The van der Waals surface area contributed by atoms with Crippen LogP contribution in [0.2, 0.25) is 0 Å². The number of carboxylic acid groups (broad SMARTS) is 1. The SMILES string of the molecule is CN1CCCC(N2CCC(N)(C(=O)O)C2)CC1. The van der Waals surface area contributed by atoms with Gasteiger partial charge in [0, 0.05) is 19.1 Å². The Kier molecular flexibility index (Phi) is 3.70. The zero-order valence-corrected chi connectivity index (χ0v) is 10.6. The summed E-state index contributed by atoms with van der Waals surface area (Å²) >= 11 is 0. The van der Waals surface area contributed by atoms with Crippen LogP contribution in [0.15, 0.2) is 0 Å². The highest BCUT2D eigenvalue weighted by atomic mass is 16.4. The Morgan fingerprint density at radius 2 is 2.12 bits per heavy atom. The van der Waals surface area contributed by atoms with Gasteiger partial charge in [-0.05, 0) is 45.8 Å². The topological polar surface area (TPSA) is 69.8 Å². The van der Waals surface area contributed by atoms with Gasteiger partial charge in [0.05, 0.1) is 0 Å².